The first kappa shape index (κ1) is 16.3. The minimum Gasteiger partial charge on any atom is -0.312 e. The quantitative estimate of drug-likeness (QED) is 0.840. The van der Waals surface area contributed by atoms with E-state index < -0.39 is 0 Å². The van der Waals surface area contributed by atoms with Crippen molar-refractivity contribution in [2.75, 3.05) is 19.6 Å². The zero-order chi connectivity index (χ0) is 14.8. The van der Waals surface area contributed by atoms with E-state index in [0.717, 1.165) is 23.8 Å². The molecule has 1 saturated carbocycles. The van der Waals surface area contributed by atoms with Crippen molar-refractivity contribution >= 4 is 0 Å². The van der Waals surface area contributed by atoms with Crippen molar-refractivity contribution in [2.24, 2.45) is 17.8 Å². The van der Waals surface area contributed by atoms with Crippen LogP contribution >= 0.6 is 0 Å². The van der Waals surface area contributed by atoms with Gasteiger partial charge in [0.25, 0.3) is 0 Å². The molecule has 20 heavy (non-hydrogen) atoms. The van der Waals surface area contributed by atoms with Gasteiger partial charge in [-0.25, -0.2) is 0 Å². The third-order valence-corrected chi connectivity index (χ3v) is 5.35. The van der Waals surface area contributed by atoms with Gasteiger partial charge in [-0.3, -0.25) is 4.90 Å². The van der Waals surface area contributed by atoms with E-state index in [1.807, 2.05) is 0 Å². The van der Waals surface area contributed by atoms with Crippen molar-refractivity contribution in [1.29, 1.82) is 0 Å². The van der Waals surface area contributed by atoms with Gasteiger partial charge in [-0.05, 0) is 70.9 Å². The van der Waals surface area contributed by atoms with E-state index >= 15 is 0 Å². The lowest BCUT2D eigenvalue weighted by Crippen LogP contribution is -2.44. The Bertz CT molecular complexity index is 292. The van der Waals surface area contributed by atoms with Crippen molar-refractivity contribution in [3.8, 4) is 0 Å². The zero-order valence-corrected chi connectivity index (χ0v) is 14.4. The van der Waals surface area contributed by atoms with E-state index in [1.165, 1.54) is 51.7 Å². The predicted molar refractivity (Wildman–Crippen MR) is 88.0 cm³/mol. The molecule has 3 unspecified atom stereocenters. The lowest BCUT2D eigenvalue weighted by atomic mass is 9.77. The second-order valence-corrected chi connectivity index (χ2v) is 8.54. The van der Waals surface area contributed by atoms with Gasteiger partial charge in [0.05, 0.1) is 0 Å². The van der Waals surface area contributed by atoms with Crippen LogP contribution in [0.15, 0.2) is 0 Å². The minimum absolute atomic E-state index is 0.263. The molecular weight excluding hydrogens is 244 g/mol. The Morgan fingerprint density at radius 3 is 2.45 bits per heavy atom. The fourth-order valence-electron chi connectivity index (χ4n) is 4.15. The molecule has 3 atom stereocenters. The second kappa shape index (κ2) is 6.79. The molecule has 0 aromatic rings. The summed E-state index contributed by atoms with van der Waals surface area (Å²) in [5.41, 5.74) is 0.263. The third kappa shape index (κ3) is 4.46. The maximum Gasteiger partial charge on any atom is 0.0126 e. The molecule has 0 radical (unpaired) electrons. The summed E-state index contributed by atoms with van der Waals surface area (Å²) in [6.45, 7) is 15.5. The van der Waals surface area contributed by atoms with Gasteiger partial charge >= 0.3 is 0 Å². The van der Waals surface area contributed by atoms with Crippen LogP contribution in [0.4, 0.5) is 0 Å². The van der Waals surface area contributed by atoms with E-state index in [1.54, 1.807) is 0 Å². The predicted octanol–water partition coefficient (Wildman–Crippen LogP) is 3.91. The van der Waals surface area contributed by atoms with Gasteiger partial charge in [-0.2, -0.15) is 0 Å². The number of hydrogen-bond acceptors (Lipinski definition) is 2. The molecule has 1 aliphatic heterocycles. The van der Waals surface area contributed by atoms with Crippen LogP contribution in [0, 0.1) is 17.8 Å². The van der Waals surface area contributed by atoms with Crippen LogP contribution in [0.5, 0.6) is 0 Å². The first-order valence-corrected chi connectivity index (χ1v) is 8.86. The van der Waals surface area contributed by atoms with Crippen molar-refractivity contribution in [2.45, 2.75) is 78.3 Å². The molecule has 2 nitrogen and oxygen atoms in total. The fourth-order valence-corrected chi connectivity index (χ4v) is 4.15. The van der Waals surface area contributed by atoms with Crippen LogP contribution in [0.1, 0.15) is 66.7 Å². The number of likely N-dealkylation sites (tertiary alicyclic amines) is 1. The molecule has 1 saturated heterocycles. The van der Waals surface area contributed by atoms with Crippen molar-refractivity contribution in [3.63, 3.8) is 0 Å². The van der Waals surface area contributed by atoms with Crippen LogP contribution in [0.2, 0.25) is 0 Å². The largest absolute Gasteiger partial charge is 0.312 e. The Hall–Kier alpha value is -0.0800. The topological polar surface area (TPSA) is 15.3 Å². The van der Waals surface area contributed by atoms with Crippen LogP contribution in [-0.4, -0.2) is 36.1 Å². The van der Waals surface area contributed by atoms with Gasteiger partial charge in [0.1, 0.15) is 0 Å². The molecule has 0 bridgehead atoms. The normalized spacial score (nSPS) is 33.0. The van der Waals surface area contributed by atoms with Gasteiger partial charge in [-0.15, -0.1) is 0 Å². The van der Waals surface area contributed by atoms with Gasteiger partial charge in [0.2, 0.25) is 0 Å². The molecule has 0 amide bonds. The van der Waals surface area contributed by atoms with E-state index in [4.69, 9.17) is 0 Å². The summed E-state index contributed by atoms with van der Waals surface area (Å²) < 4.78 is 0. The Morgan fingerprint density at radius 2 is 1.80 bits per heavy atom. The summed E-state index contributed by atoms with van der Waals surface area (Å²) in [7, 11) is 0. The molecule has 0 spiro atoms. The van der Waals surface area contributed by atoms with Gasteiger partial charge in [0, 0.05) is 18.1 Å². The monoisotopic (exact) mass is 280 g/mol. The van der Waals surface area contributed by atoms with Crippen LogP contribution in [-0.2, 0) is 0 Å². The van der Waals surface area contributed by atoms with Crippen molar-refractivity contribution in [1.82, 2.24) is 10.2 Å². The molecule has 2 heteroatoms. The molecule has 118 valence electrons. The van der Waals surface area contributed by atoms with E-state index in [0.29, 0.717) is 0 Å². The molecule has 2 fully saturated rings. The summed E-state index contributed by atoms with van der Waals surface area (Å²) >= 11 is 0. The maximum absolute atomic E-state index is 3.69. The van der Waals surface area contributed by atoms with Crippen LogP contribution in [0.3, 0.4) is 0 Å². The molecule has 2 rings (SSSR count). The molecule has 0 aromatic carbocycles. The summed E-state index contributed by atoms with van der Waals surface area (Å²) in [6, 6.07) is 0.878. The zero-order valence-electron chi connectivity index (χ0n) is 14.4. The number of hydrogen-bond donors (Lipinski definition) is 1. The molecular formula is C18H36N2. The molecule has 2 aliphatic rings. The standard InChI is InChI=1S/C18H36N2/c1-14(2)16-8-6-7-9-17(16)20-11-10-15(13-20)12-19-18(3,4)5/h14-17,19H,6-13H2,1-5H3. The highest BCUT2D eigenvalue weighted by Crippen LogP contribution is 2.35. The molecule has 1 aliphatic carbocycles. The second-order valence-electron chi connectivity index (χ2n) is 8.54. The Labute approximate surface area is 126 Å². The number of nitrogens with zero attached hydrogens (tertiary/aromatic N) is 1. The van der Waals surface area contributed by atoms with Crippen LogP contribution < -0.4 is 5.32 Å². The van der Waals surface area contributed by atoms with Gasteiger partial charge in [0.15, 0.2) is 0 Å². The first-order valence-electron chi connectivity index (χ1n) is 8.86. The summed E-state index contributed by atoms with van der Waals surface area (Å²) in [5, 5.41) is 3.69. The van der Waals surface area contributed by atoms with Gasteiger partial charge in [-0.1, -0.05) is 26.7 Å². The maximum atomic E-state index is 3.69. The highest BCUT2D eigenvalue weighted by Gasteiger charge is 2.35. The molecule has 1 heterocycles. The van der Waals surface area contributed by atoms with Crippen molar-refractivity contribution in [3.05, 3.63) is 0 Å². The highest BCUT2D eigenvalue weighted by atomic mass is 15.2. The Kier molecular flexibility index (Phi) is 5.53. The minimum atomic E-state index is 0.263. The van der Waals surface area contributed by atoms with Crippen molar-refractivity contribution < 1.29 is 0 Å². The Morgan fingerprint density at radius 1 is 1.10 bits per heavy atom. The van der Waals surface area contributed by atoms with Gasteiger partial charge < -0.3 is 5.32 Å². The lowest BCUT2D eigenvalue weighted by Gasteiger charge is -2.40. The fraction of sp³-hybridized carbons (Fsp3) is 1.00. The summed E-state index contributed by atoms with van der Waals surface area (Å²) in [6.07, 6.45) is 7.22. The van der Waals surface area contributed by atoms with E-state index in [2.05, 4.69) is 44.8 Å². The first-order chi connectivity index (χ1) is 9.37. The number of rotatable bonds is 4. The van der Waals surface area contributed by atoms with Crippen LogP contribution in [0.25, 0.3) is 0 Å². The van der Waals surface area contributed by atoms with E-state index in [9.17, 15) is 0 Å². The smallest absolute Gasteiger partial charge is 0.0126 e. The molecule has 1 N–H and O–H groups in total. The average molecular weight is 280 g/mol. The average Bonchev–Trinajstić information content (AvgIpc) is 2.84. The Balaban J connectivity index is 1.84. The lowest BCUT2D eigenvalue weighted by molar-refractivity contribution is 0.0952. The molecule has 0 aromatic heterocycles. The summed E-state index contributed by atoms with van der Waals surface area (Å²) in [4.78, 5) is 2.83. The third-order valence-electron chi connectivity index (χ3n) is 5.35. The summed E-state index contributed by atoms with van der Waals surface area (Å²) in [5.74, 6) is 2.66. The SMILES string of the molecule is CC(C)C1CCCCC1N1CCC(CNC(C)(C)C)C1. The highest BCUT2D eigenvalue weighted by molar-refractivity contribution is 4.90. The van der Waals surface area contributed by atoms with E-state index in [-0.39, 0.29) is 5.54 Å². The number of nitrogens with one attached hydrogen (secondary N) is 1.